The molecule has 0 atom stereocenters. The van der Waals surface area contributed by atoms with Crippen molar-refractivity contribution in [2.24, 2.45) is 5.92 Å². The maximum atomic E-state index is 12.9. The summed E-state index contributed by atoms with van der Waals surface area (Å²) >= 11 is 0. The molecule has 0 radical (unpaired) electrons. The highest BCUT2D eigenvalue weighted by Gasteiger charge is 2.22. The van der Waals surface area contributed by atoms with Gasteiger partial charge in [-0.15, -0.1) is 0 Å². The zero-order valence-corrected chi connectivity index (χ0v) is 15.9. The molecule has 0 unspecified atom stereocenters. The topological polar surface area (TPSA) is 29.1 Å². The molecule has 2 aromatic carbocycles. The molecule has 2 aromatic rings. The second kappa shape index (κ2) is 6.99. The van der Waals surface area contributed by atoms with Crippen LogP contribution in [0, 0.1) is 5.92 Å². The van der Waals surface area contributed by atoms with Crippen LogP contribution in [0.15, 0.2) is 36.4 Å². The predicted octanol–water partition coefficient (Wildman–Crippen LogP) is 6.50. The fourth-order valence-electron chi connectivity index (χ4n) is 5.08. The first-order valence-electron chi connectivity index (χ1n) is 10.6. The lowest BCUT2D eigenvalue weighted by molar-refractivity contribution is -0.120. The molecule has 1 amide bonds. The third-order valence-electron chi connectivity index (χ3n) is 6.50. The minimum Gasteiger partial charge on any atom is -0.326 e. The summed E-state index contributed by atoms with van der Waals surface area (Å²) in [5, 5.41) is 5.89. The van der Waals surface area contributed by atoms with E-state index in [1.807, 2.05) is 0 Å². The van der Waals surface area contributed by atoms with E-state index in [0.717, 1.165) is 31.4 Å². The summed E-state index contributed by atoms with van der Waals surface area (Å²) in [5.41, 5.74) is 6.50. The van der Waals surface area contributed by atoms with Crippen LogP contribution in [0.5, 0.6) is 0 Å². The highest BCUT2D eigenvalue weighted by molar-refractivity contribution is 6.05. The Labute approximate surface area is 161 Å². The molecule has 27 heavy (non-hydrogen) atoms. The largest absolute Gasteiger partial charge is 0.326 e. The van der Waals surface area contributed by atoms with Crippen LogP contribution in [0.4, 0.5) is 5.69 Å². The number of nitrogens with one attached hydrogen (secondary N) is 1. The smallest absolute Gasteiger partial charge is 0.227 e. The number of amides is 1. The van der Waals surface area contributed by atoms with E-state index in [1.165, 1.54) is 65.1 Å². The highest BCUT2D eigenvalue weighted by atomic mass is 16.1. The Balaban J connectivity index is 1.46. The van der Waals surface area contributed by atoms with E-state index in [2.05, 4.69) is 47.8 Å². The van der Waals surface area contributed by atoms with Gasteiger partial charge >= 0.3 is 0 Å². The summed E-state index contributed by atoms with van der Waals surface area (Å²) < 4.78 is 0. The second-order valence-corrected chi connectivity index (χ2v) is 8.33. The minimum atomic E-state index is 0.178. The molecule has 0 spiro atoms. The molecule has 1 N–H and O–H groups in total. The summed E-state index contributed by atoms with van der Waals surface area (Å²) in [6.07, 6.45) is 17.2. The second-order valence-electron chi connectivity index (χ2n) is 8.33. The Bertz CT molecular complexity index is 958. The number of anilines is 1. The molecule has 1 fully saturated rings. The zero-order valence-electron chi connectivity index (χ0n) is 15.9. The molecule has 3 aliphatic rings. The van der Waals surface area contributed by atoms with Crippen molar-refractivity contribution in [3.05, 3.63) is 53.1 Å². The van der Waals surface area contributed by atoms with Gasteiger partial charge in [0.2, 0.25) is 5.91 Å². The summed E-state index contributed by atoms with van der Waals surface area (Å²) in [4.78, 5) is 12.9. The molecule has 0 bridgehead atoms. The molecule has 5 rings (SSSR count). The Morgan fingerprint density at radius 1 is 0.963 bits per heavy atom. The van der Waals surface area contributed by atoms with Gasteiger partial charge in [0.1, 0.15) is 0 Å². The summed E-state index contributed by atoms with van der Waals surface area (Å²) in [7, 11) is 0. The van der Waals surface area contributed by atoms with Crippen molar-refractivity contribution in [3.8, 4) is 0 Å². The van der Waals surface area contributed by atoms with Crippen molar-refractivity contribution in [2.45, 2.75) is 57.8 Å². The van der Waals surface area contributed by atoms with Gasteiger partial charge in [-0.2, -0.15) is 0 Å². The van der Waals surface area contributed by atoms with E-state index in [4.69, 9.17) is 0 Å². The SMILES string of the molecule is O=C(Nc1cc2c3c4c(ccc3c1)C=CCC4=CC2)C1CCCCCCC1. The van der Waals surface area contributed by atoms with Crippen LogP contribution in [0.1, 0.15) is 68.1 Å². The Morgan fingerprint density at radius 3 is 2.63 bits per heavy atom. The number of rotatable bonds is 2. The van der Waals surface area contributed by atoms with E-state index in [1.54, 1.807) is 0 Å². The fourth-order valence-corrected chi connectivity index (χ4v) is 5.08. The summed E-state index contributed by atoms with van der Waals surface area (Å²) in [6, 6.07) is 8.80. The third kappa shape index (κ3) is 3.12. The molecular weight excluding hydrogens is 330 g/mol. The van der Waals surface area contributed by atoms with E-state index in [-0.39, 0.29) is 11.8 Å². The average Bonchev–Trinajstić information content (AvgIpc) is 2.65. The van der Waals surface area contributed by atoms with Crippen LogP contribution < -0.4 is 5.32 Å². The fraction of sp³-hybridized carbons (Fsp3) is 0.400. The normalized spacial score (nSPS) is 19.3. The number of hydrogen-bond acceptors (Lipinski definition) is 1. The monoisotopic (exact) mass is 357 g/mol. The van der Waals surface area contributed by atoms with Crippen molar-refractivity contribution in [1.82, 2.24) is 0 Å². The molecule has 2 heteroatoms. The van der Waals surface area contributed by atoms with Crippen LogP contribution in [0.25, 0.3) is 22.4 Å². The van der Waals surface area contributed by atoms with E-state index in [9.17, 15) is 4.79 Å². The van der Waals surface area contributed by atoms with Crippen molar-refractivity contribution in [3.63, 3.8) is 0 Å². The third-order valence-corrected chi connectivity index (χ3v) is 6.50. The first kappa shape index (κ1) is 16.8. The van der Waals surface area contributed by atoms with Crippen molar-refractivity contribution in [2.75, 3.05) is 5.32 Å². The van der Waals surface area contributed by atoms with Gasteiger partial charge in [0.15, 0.2) is 0 Å². The van der Waals surface area contributed by atoms with Gasteiger partial charge in [-0.1, -0.05) is 62.5 Å². The highest BCUT2D eigenvalue weighted by Crippen LogP contribution is 2.41. The van der Waals surface area contributed by atoms with E-state index >= 15 is 0 Å². The standard InChI is InChI=1S/C25H27NO/c27-25(19-7-4-2-1-3-5-8-19)26-22-15-20-13-11-17-9-6-10-18-12-14-21(16-22)24(20)23(17)18/h6,9,11-13,15-16,19H,1-5,7-8,10,14H2,(H,26,27). The van der Waals surface area contributed by atoms with Crippen LogP contribution in [-0.2, 0) is 11.2 Å². The van der Waals surface area contributed by atoms with Gasteiger partial charge < -0.3 is 5.32 Å². The van der Waals surface area contributed by atoms with Crippen LogP contribution in [0.2, 0.25) is 0 Å². The molecule has 1 saturated carbocycles. The molecule has 2 nitrogen and oxygen atoms in total. The van der Waals surface area contributed by atoms with Gasteiger partial charge in [-0.05, 0) is 70.9 Å². The molecule has 0 saturated heterocycles. The number of carbonyl (C=O) groups is 1. The van der Waals surface area contributed by atoms with Crippen LogP contribution >= 0.6 is 0 Å². The van der Waals surface area contributed by atoms with Gasteiger partial charge in [-0.3, -0.25) is 4.79 Å². The molecule has 0 heterocycles. The van der Waals surface area contributed by atoms with Crippen molar-refractivity contribution >= 4 is 34.0 Å². The molecule has 138 valence electrons. The van der Waals surface area contributed by atoms with Gasteiger partial charge in [-0.25, -0.2) is 0 Å². The van der Waals surface area contributed by atoms with E-state index in [0.29, 0.717) is 0 Å². The van der Waals surface area contributed by atoms with E-state index < -0.39 is 0 Å². The van der Waals surface area contributed by atoms with Crippen LogP contribution in [0.3, 0.4) is 0 Å². The minimum absolute atomic E-state index is 0.178. The molecule has 0 aromatic heterocycles. The predicted molar refractivity (Wildman–Crippen MR) is 114 cm³/mol. The summed E-state index contributed by atoms with van der Waals surface area (Å²) in [6.45, 7) is 0. The zero-order chi connectivity index (χ0) is 18.2. The average molecular weight is 357 g/mol. The first-order chi connectivity index (χ1) is 13.3. The Kier molecular flexibility index (Phi) is 4.35. The Morgan fingerprint density at radius 2 is 1.78 bits per heavy atom. The quantitative estimate of drug-likeness (QED) is 0.653. The summed E-state index contributed by atoms with van der Waals surface area (Å²) in [5.74, 6) is 0.397. The van der Waals surface area contributed by atoms with Gasteiger partial charge in [0.25, 0.3) is 0 Å². The van der Waals surface area contributed by atoms with Gasteiger partial charge in [0, 0.05) is 11.6 Å². The number of carbonyl (C=O) groups excluding carboxylic acids is 1. The number of allylic oxidation sites excluding steroid dienone is 3. The lowest BCUT2D eigenvalue weighted by Gasteiger charge is -2.24. The van der Waals surface area contributed by atoms with Gasteiger partial charge in [0.05, 0.1) is 0 Å². The maximum Gasteiger partial charge on any atom is 0.227 e. The van der Waals surface area contributed by atoms with Crippen molar-refractivity contribution < 1.29 is 4.79 Å². The van der Waals surface area contributed by atoms with Crippen molar-refractivity contribution in [1.29, 1.82) is 0 Å². The Hall–Kier alpha value is -2.35. The molecular formula is C25H27NO. The molecule has 3 aliphatic carbocycles. The lowest BCUT2D eigenvalue weighted by atomic mass is 9.81. The number of benzene rings is 2. The lowest BCUT2D eigenvalue weighted by Crippen LogP contribution is -2.23. The van der Waals surface area contributed by atoms with Crippen LogP contribution in [-0.4, -0.2) is 5.91 Å². The first-order valence-corrected chi connectivity index (χ1v) is 10.6. The molecule has 0 aliphatic heterocycles. The maximum absolute atomic E-state index is 12.9. The number of hydrogen-bond donors (Lipinski definition) is 1.